The van der Waals surface area contributed by atoms with Crippen LogP contribution in [0.4, 0.5) is 5.82 Å². The zero-order valence-corrected chi connectivity index (χ0v) is 9.36. The molecule has 84 valence electrons. The van der Waals surface area contributed by atoms with Crippen molar-refractivity contribution in [2.45, 2.75) is 25.8 Å². The van der Waals surface area contributed by atoms with Gasteiger partial charge in [-0.1, -0.05) is 13.0 Å². The standard InChI is InChI=1S/C11H19N3O/c1-3-9(7-8-12)13-10-5-4-6-11(14-10)15-2/h4-6,9H,3,7-8,12H2,1-2H3,(H,13,14). The van der Waals surface area contributed by atoms with Gasteiger partial charge in [-0.25, -0.2) is 0 Å². The normalized spacial score (nSPS) is 12.2. The lowest BCUT2D eigenvalue weighted by atomic mass is 10.1. The molecule has 1 aromatic heterocycles. The number of hydrogen-bond acceptors (Lipinski definition) is 4. The van der Waals surface area contributed by atoms with E-state index in [4.69, 9.17) is 10.5 Å². The second-order valence-corrected chi connectivity index (χ2v) is 3.39. The number of rotatable bonds is 6. The molecule has 0 aromatic carbocycles. The van der Waals surface area contributed by atoms with Crippen molar-refractivity contribution in [3.63, 3.8) is 0 Å². The molecule has 0 bridgehead atoms. The van der Waals surface area contributed by atoms with E-state index >= 15 is 0 Å². The minimum atomic E-state index is 0.384. The molecule has 0 amide bonds. The summed E-state index contributed by atoms with van der Waals surface area (Å²) in [6, 6.07) is 6.06. The van der Waals surface area contributed by atoms with Crippen LogP contribution in [0.3, 0.4) is 0 Å². The Morgan fingerprint density at radius 2 is 2.33 bits per heavy atom. The van der Waals surface area contributed by atoms with E-state index in [-0.39, 0.29) is 0 Å². The molecule has 3 N–H and O–H groups in total. The van der Waals surface area contributed by atoms with E-state index in [0.29, 0.717) is 18.5 Å². The first kappa shape index (κ1) is 11.8. The lowest BCUT2D eigenvalue weighted by Crippen LogP contribution is -2.22. The van der Waals surface area contributed by atoms with Crippen molar-refractivity contribution in [2.75, 3.05) is 19.0 Å². The van der Waals surface area contributed by atoms with E-state index in [9.17, 15) is 0 Å². The fourth-order valence-corrected chi connectivity index (χ4v) is 1.40. The molecule has 0 radical (unpaired) electrons. The average molecular weight is 209 g/mol. The molecule has 0 aliphatic heterocycles. The first-order chi connectivity index (χ1) is 7.30. The lowest BCUT2D eigenvalue weighted by Gasteiger charge is -2.16. The summed E-state index contributed by atoms with van der Waals surface area (Å²) in [5, 5.41) is 3.33. The summed E-state index contributed by atoms with van der Waals surface area (Å²) >= 11 is 0. The maximum absolute atomic E-state index is 5.53. The smallest absolute Gasteiger partial charge is 0.214 e. The number of anilines is 1. The summed E-state index contributed by atoms with van der Waals surface area (Å²) in [6.07, 6.45) is 1.99. The highest BCUT2D eigenvalue weighted by Gasteiger charge is 2.05. The third-order valence-corrected chi connectivity index (χ3v) is 2.29. The Hall–Kier alpha value is -1.29. The van der Waals surface area contributed by atoms with Gasteiger partial charge in [0.15, 0.2) is 0 Å². The number of methoxy groups -OCH3 is 1. The van der Waals surface area contributed by atoms with Crippen LogP contribution in [0, 0.1) is 0 Å². The zero-order chi connectivity index (χ0) is 11.1. The van der Waals surface area contributed by atoms with Crippen LogP contribution in [0.25, 0.3) is 0 Å². The van der Waals surface area contributed by atoms with Gasteiger partial charge >= 0.3 is 0 Å². The molecule has 0 fully saturated rings. The first-order valence-corrected chi connectivity index (χ1v) is 5.27. The molecule has 1 atom stereocenters. The number of aromatic nitrogens is 1. The molecule has 1 heterocycles. The van der Waals surface area contributed by atoms with Crippen LogP contribution in [-0.2, 0) is 0 Å². The second kappa shape index (κ2) is 6.24. The van der Waals surface area contributed by atoms with Gasteiger partial charge in [-0.3, -0.25) is 0 Å². The number of nitrogens with one attached hydrogen (secondary N) is 1. The molecule has 0 aliphatic rings. The molecule has 4 nitrogen and oxygen atoms in total. The molecule has 0 saturated carbocycles. The molecule has 4 heteroatoms. The van der Waals surface area contributed by atoms with Crippen LogP contribution in [0.1, 0.15) is 19.8 Å². The van der Waals surface area contributed by atoms with Crippen molar-refractivity contribution in [3.8, 4) is 5.88 Å². The van der Waals surface area contributed by atoms with Crippen LogP contribution < -0.4 is 15.8 Å². The molecule has 1 unspecified atom stereocenters. The van der Waals surface area contributed by atoms with Gasteiger partial charge in [0.25, 0.3) is 0 Å². The van der Waals surface area contributed by atoms with Crippen LogP contribution >= 0.6 is 0 Å². The monoisotopic (exact) mass is 209 g/mol. The van der Waals surface area contributed by atoms with Gasteiger partial charge in [0.05, 0.1) is 7.11 Å². The molecule has 1 rings (SSSR count). The Balaban J connectivity index is 2.61. The second-order valence-electron chi connectivity index (χ2n) is 3.39. The highest BCUT2D eigenvalue weighted by atomic mass is 16.5. The summed E-state index contributed by atoms with van der Waals surface area (Å²) in [6.45, 7) is 2.82. The Kier molecular flexibility index (Phi) is 4.90. The molecule has 15 heavy (non-hydrogen) atoms. The minimum absolute atomic E-state index is 0.384. The Bertz CT molecular complexity index is 291. The maximum Gasteiger partial charge on any atom is 0.214 e. The zero-order valence-electron chi connectivity index (χ0n) is 9.36. The van der Waals surface area contributed by atoms with Gasteiger partial charge in [0.2, 0.25) is 5.88 Å². The van der Waals surface area contributed by atoms with E-state index in [1.807, 2.05) is 18.2 Å². The van der Waals surface area contributed by atoms with Crippen molar-refractivity contribution in [2.24, 2.45) is 5.73 Å². The van der Waals surface area contributed by atoms with Gasteiger partial charge in [0, 0.05) is 12.1 Å². The Morgan fingerprint density at radius 1 is 1.53 bits per heavy atom. The first-order valence-electron chi connectivity index (χ1n) is 5.27. The topological polar surface area (TPSA) is 60.2 Å². The highest BCUT2D eigenvalue weighted by molar-refractivity contribution is 5.38. The number of nitrogens with zero attached hydrogens (tertiary/aromatic N) is 1. The van der Waals surface area contributed by atoms with Crippen LogP contribution in [0.2, 0.25) is 0 Å². The third kappa shape index (κ3) is 3.75. The SMILES string of the molecule is CCC(CCN)Nc1cccc(OC)n1. The van der Waals surface area contributed by atoms with E-state index in [1.165, 1.54) is 0 Å². The fourth-order valence-electron chi connectivity index (χ4n) is 1.40. The van der Waals surface area contributed by atoms with Crippen LogP contribution in [-0.4, -0.2) is 24.7 Å². The summed E-state index contributed by atoms with van der Waals surface area (Å²) in [7, 11) is 1.61. The van der Waals surface area contributed by atoms with Crippen LogP contribution in [0.15, 0.2) is 18.2 Å². The van der Waals surface area contributed by atoms with E-state index in [1.54, 1.807) is 7.11 Å². The van der Waals surface area contributed by atoms with E-state index < -0.39 is 0 Å². The van der Waals surface area contributed by atoms with Crippen molar-refractivity contribution < 1.29 is 4.74 Å². The third-order valence-electron chi connectivity index (χ3n) is 2.29. The molecule has 1 aromatic rings. The van der Waals surface area contributed by atoms with Crippen molar-refractivity contribution in [1.82, 2.24) is 4.98 Å². The number of ether oxygens (including phenoxy) is 1. The van der Waals surface area contributed by atoms with Crippen molar-refractivity contribution >= 4 is 5.82 Å². The van der Waals surface area contributed by atoms with Gasteiger partial charge in [0.1, 0.15) is 5.82 Å². The predicted octanol–water partition coefficient (Wildman–Crippen LogP) is 1.63. The molecule has 0 saturated heterocycles. The number of pyridine rings is 1. The maximum atomic E-state index is 5.53. The van der Waals surface area contributed by atoms with Gasteiger partial charge in [-0.2, -0.15) is 4.98 Å². The van der Waals surface area contributed by atoms with Gasteiger partial charge in [-0.05, 0) is 25.5 Å². The molecule has 0 aliphatic carbocycles. The van der Waals surface area contributed by atoms with Crippen LogP contribution in [0.5, 0.6) is 5.88 Å². The Morgan fingerprint density at radius 3 is 2.93 bits per heavy atom. The lowest BCUT2D eigenvalue weighted by molar-refractivity contribution is 0.398. The van der Waals surface area contributed by atoms with Crippen molar-refractivity contribution in [3.05, 3.63) is 18.2 Å². The fraction of sp³-hybridized carbons (Fsp3) is 0.545. The highest BCUT2D eigenvalue weighted by Crippen LogP contribution is 2.13. The number of hydrogen-bond donors (Lipinski definition) is 2. The summed E-state index contributed by atoms with van der Waals surface area (Å²) < 4.78 is 5.05. The largest absolute Gasteiger partial charge is 0.481 e. The van der Waals surface area contributed by atoms with Gasteiger partial charge in [-0.15, -0.1) is 0 Å². The summed E-state index contributed by atoms with van der Waals surface area (Å²) in [5.41, 5.74) is 5.53. The quantitative estimate of drug-likeness (QED) is 0.747. The van der Waals surface area contributed by atoms with E-state index in [2.05, 4.69) is 17.2 Å². The predicted molar refractivity (Wildman–Crippen MR) is 62.2 cm³/mol. The van der Waals surface area contributed by atoms with Gasteiger partial charge < -0.3 is 15.8 Å². The summed E-state index contributed by atoms with van der Waals surface area (Å²) in [5.74, 6) is 1.47. The van der Waals surface area contributed by atoms with E-state index in [0.717, 1.165) is 18.7 Å². The molecule has 0 spiro atoms. The molecular weight excluding hydrogens is 190 g/mol. The number of nitrogens with two attached hydrogens (primary N) is 1. The minimum Gasteiger partial charge on any atom is -0.481 e. The average Bonchev–Trinajstić information content (AvgIpc) is 2.29. The summed E-state index contributed by atoms with van der Waals surface area (Å²) in [4.78, 5) is 4.29. The van der Waals surface area contributed by atoms with Crippen molar-refractivity contribution in [1.29, 1.82) is 0 Å². The Labute approximate surface area is 90.8 Å². The molecular formula is C11H19N3O.